The summed E-state index contributed by atoms with van der Waals surface area (Å²) in [5.41, 5.74) is 10.2. The van der Waals surface area contributed by atoms with E-state index in [9.17, 15) is 9.90 Å². The van der Waals surface area contributed by atoms with Crippen LogP contribution in [0.25, 0.3) is 44.3 Å². The molecule has 6 heteroatoms. The average Bonchev–Trinajstić information content (AvgIpc) is 3.52. The molecule has 34 heavy (non-hydrogen) atoms. The summed E-state index contributed by atoms with van der Waals surface area (Å²) in [5, 5.41) is 27.8. The fourth-order valence-corrected chi connectivity index (χ4v) is 5.91. The van der Waals surface area contributed by atoms with Crippen molar-refractivity contribution < 1.29 is 5.11 Å². The zero-order valence-corrected chi connectivity index (χ0v) is 17.8. The van der Waals surface area contributed by atoms with Crippen LogP contribution in [0.1, 0.15) is 11.1 Å². The molecule has 160 valence electrons. The minimum Gasteiger partial charge on any atom is -0.507 e. The van der Waals surface area contributed by atoms with E-state index in [2.05, 4.69) is 15.6 Å². The van der Waals surface area contributed by atoms with Crippen LogP contribution in [0.4, 0.5) is 0 Å². The van der Waals surface area contributed by atoms with Crippen LogP contribution in [0.3, 0.4) is 0 Å². The molecule has 3 aromatic carbocycles. The van der Waals surface area contributed by atoms with Crippen molar-refractivity contribution in [3.63, 3.8) is 0 Å². The average molecular weight is 440 g/mol. The number of hydrogen-bond donors (Lipinski definition) is 2. The molecule has 8 rings (SSSR count). The van der Waals surface area contributed by atoms with Crippen molar-refractivity contribution >= 4 is 38.7 Å². The highest BCUT2D eigenvalue weighted by molar-refractivity contribution is 6.14. The summed E-state index contributed by atoms with van der Waals surface area (Å²) in [6, 6.07) is 19.1. The second-order valence-corrected chi connectivity index (χ2v) is 9.03. The Labute approximate surface area is 192 Å². The number of rotatable bonds is 0. The first-order chi connectivity index (χ1) is 16.7. The van der Waals surface area contributed by atoms with E-state index in [1.54, 1.807) is 0 Å². The fourth-order valence-electron chi connectivity index (χ4n) is 5.91. The number of fused-ring (bicyclic) bond motifs is 4. The van der Waals surface area contributed by atoms with Crippen LogP contribution >= 0.6 is 0 Å². The molecule has 0 fully saturated rings. The highest BCUT2D eigenvalue weighted by Crippen LogP contribution is 2.43. The molecule has 3 aliphatic carbocycles. The quantitative estimate of drug-likeness (QED) is 0.361. The maximum absolute atomic E-state index is 13.2. The summed E-state index contributed by atoms with van der Waals surface area (Å²) in [7, 11) is 0. The molecule has 2 atom stereocenters. The molecule has 2 N–H and O–H groups in total. The molecule has 0 spiro atoms. The molecule has 5 aliphatic rings. The Balaban J connectivity index is 1.43. The van der Waals surface area contributed by atoms with Gasteiger partial charge in [0.05, 0.1) is 17.7 Å². The predicted octanol–water partition coefficient (Wildman–Crippen LogP) is 3.40. The second-order valence-electron chi connectivity index (χ2n) is 9.03. The number of aliphatic hydroxyl groups excluding tert-OH is 1. The number of benzene rings is 4. The van der Waals surface area contributed by atoms with Gasteiger partial charge in [0.1, 0.15) is 17.0 Å². The molecule has 2 heterocycles. The molecule has 0 amide bonds. The molecule has 0 saturated heterocycles. The van der Waals surface area contributed by atoms with Crippen LogP contribution in [0.2, 0.25) is 0 Å². The molecule has 3 aromatic rings. The van der Waals surface area contributed by atoms with Crippen LogP contribution in [0, 0.1) is 5.92 Å². The number of nitrogens with zero attached hydrogens (tertiary/aromatic N) is 3. The molecule has 2 unspecified atom stereocenters. The summed E-state index contributed by atoms with van der Waals surface area (Å²) in [6.07, 6.45) is 4.00. The van der Waals surface area contributed by atoms with Crippen molar-refractivity contribution in [2.75, 3.05) is 0 Å². The smallest absolute Gasteiger partial charge is 0.194 e. The summed E-state index contributed by atoms with van der Waals surface area (Å²) in [4.78, 5) is 13.2. The van der Waals surface area contributed by atoms with E-state index >= 15 is 0 Å². The van der Waals surface area contributed by atoms with E-state index in [-0.39, 0.29) is 17.4 Å². The first kappa shape index (κ1) is 17.9. The molecule has 0 aromatic heterocycles. The molecular formula is C28H16N4O2. The van der Waals surface area contributed by atoms with E-state index in [1.807, 2.05) is 72.8 Å². The van der Waals surface area contributed by atoms with Crippen molar-refractivity contribution in [3.8, 4) is 11.3 Å². The van der Waals surface area contributed by atoms with Gasteiger partial charge in [-0.1, -0.05) is 66.7 Å². The lowest BCUT2D eigenvalue weighted by molar-refractivity contribution is 0.495. The van der Waals surface area contributed by atoms with E-state index in [1.165, 1.54) is 0 Å². The molecule has 2 aliphatic heterocycles. The number of nitrogens with one attached hydrogen (secondary N) is 1. The van der Waals surface area contributed by atoms with Gasteiger partial charge in [0.2, 0.25) is 0 Å². The Bertz CT molecular complexity index is 1880. The van der Waals surface area contributed by atoms with Crippen molar-refractivity contribution in [1.29, 1.82) is 0 Å². The van der Waals surface area contributed by atoms with Crippen molar-refractivity contribution in [3.05, 3.63) is 105 Å². The maximum atomic E-state index is 13.2. The molecular weight excluding hydrogens is 424 g/mol. The third kappa shape index (κ3) is 2.02. The third-order valence-corrected chi connectivity index (χ3v) is 7.44. The van der Waals surface area contributed by atoms with Gasteiger partial charge in [-0.25, -0.2) is 0 Å². The van der Waals surface area contributed by atoms with Gasteiger partial charge >= 0.3 is 0 Å². The number of allylic oxidation sites excluding steroid dienone is 1. The summed E-state index contributed by atoms with van der Waals surface area (Å²) < 4.78 is 0. The number of aromatic nitrogens is 2. The standard InChI is InChI=1S/C28H16N4O2/c33-27-17-7-3-1-5-13(17)23-21-19(27)11-9-15(25(21)31-29-23)16-10-12-20-22-24(30-32-26(16)22)14-6-2-4-8-18(14)28(20)34/h1-12,21,25,31,33H/b16-15+. The Morgan fingerprint density at radius 2 is 1.56 bits per heavy atom. The van der Waals surface area contributed by atoms with Crippen molar-refractivity contribution in [2.45, 2.75) is 6.04 Å². The fraction of sp³-hybridized carbons (Fsp3) is 0.0714. The van der Waals surface area contributed by atoms with E-state index in [0.717, 1.165) is 55.4 Å². The lowest BCUT2D eigenvalue weighted by Gasteiger charge is -2.31. The van der Waals surface area contributed by atoms with Gasteiger partial charge in [-0.3, -0.25) is 4.79 Å². The van der Waals surface area contributed by atoms with E-state index in [0.29, 0.717) is 16.5 Å². The van der Waals surface area contributed by atoms with Crippen LogP contribution in [-0.4, -0.2) is 27.1 Å². The van der Waals surface area contributed by atoms with Crippen LogP contribution in [0.15, 0.2) is 88.3 Å². The first-order valence-electron chi connectivity index (χ1n) is 11.2. The SMILES string of the molecule is O=c1c2cc/c(=C3/C=CC4=C(O)c5ccccc5C5=NNC3C54)c3nnc(c4ccccc14)-c23. The van der Waals surface area contributed by atoms with E-state index < -0.39 is 0 Å². The zero-order chi connectivity index (χ0) is 22.6. The second kappa shape index (κ2) is 6.05. The normalized spacial score (nSPS) is 22.3. The van der Waals surface area contributed by atoms with Gasteiger partial charge in [-0.05, 0) is 11.6 Å². The minimum absolute atomic E-state index is 0.00211. The molecule has 6 nitrogen and oxygen atoms in total. The van der Waals surface area contributed by atoms with Crippen LogP contribution < -0.4 is 16.1 Å². The highest BCUT2D eigenvalue weighted by atomic mass is 16.3. The van der Waals surface area contributed by atoms with Gasteiger partial charge in [0.25, 0.3) is 0 Å². The summed E-state index contributed by atoms with van der Waals surface area (Å²) in [5.74, 6) is 0.207. The molecule has 0 saturated carbocycles. The van der Waals surface area contributed by atoms with Gasteiger partial charge in [0, 0.05) is 43.6 Å². The zero-order valence-electron chi connectivity index (χ0n) is 17.8. The molecule has 0 radical (unpaired) electrons. The Morgan fingerprint density at radius 3 is 2.44 bits per heavy atom. The topological polar surface area (TPSA) is 87.5 Å². The van der Waals surface area contributed by atoms with Gasteiger partial charge in [-0.15, -0.1) is 10.2 Å². The lowest BCUT2D eigenvalue weighted by Crippen LogP contribution is -2.38. The van der Waals surface area contributed by atoms with Crippen molar-refractivity contribution in [2.24, 2.45) is 11.0 Å². The van der Waals surface area contributed by atoms with Gasteiger partial charge < -0.3 is 10.5 Å². The maximum Gasteiger partial charge on any atom is 0.194 e. The van der Waals surface area contributed by atoms with Gasteiger partial charge in [0.15, 0.2) is 5.43 Å². The highest BCUT2D eigenvalue weighted by Gasteiger charge is 2.44. The lowest BCUT2D eigenvalue weighted by atomic mass is 9.72. The monoisotopic (exact) mass is 440 g/mol. The van der Waals surface area contributed by atoms with Crippen molar-refractivity contribution in [1.82, 2.24) is 15.6 Å². The minimum atomic E-state index is -0.148. The van der Waals surface area contributed by atoms with E-state index in [4.69, 9.17) is 5.10 Å². The summed E-state index contributed by atoms with van der Waals surface area (Å²) in [6.45, 7) is 0. The van der Waals surface area contributed by atoms with Crippen LogP contribution in [0.5, 0.6) is 0 Å². The Hall–Kier alpha value is -4.58. The summed E-state index contributed by atoms with van der Waals surface area (Å²) >= 11 is 0. The Morgan fingerprint density at radius 1 is 0.794 bits per heavy atom. The third-order valence-electron chi connectivity index (χ3n) is 7.44. The number of hydrogen-bond acceptors (Lipinski definition) is 6. The predicted molar refractivity (Wildman–Crippen MR) is 132 cm³/mol. The first-order valence-corrected chi connectivity index (χ1v) is 11.2. The largest absolute Gasteiger partial charge is 0.507 e. The number of hydrazone groups is 1. The van der Waals surface area contributed by atoms with Crippen LogP contribution in [-0.2, 0) is 0 Å². The number of aliphatic hydroxyl groups is 1. The van der Waals surface area contributed by atoms with Gasteiger partial charge in [-0.2, -0.15) is 5.10 Å². The molecule has 0 bridgehead atoms. The Kier molecular flexibility index (Phi) is 3.19.